The highest BCUT2D eigenvalue weighted by Crippen LogP contribution is 2.40. The third-order valence-corrected chi connectivity index (χ3v) is 16.7. The van der Waals surface area contributed by atoms with Crippen molar-refractivity contribution >= 4 is 59.7 Å². The highest BCUT2D eigenvalue weighted by atomic mass is 16.8. The standard InChI is InChI=1S/C79H70O26/c1-48(80)95-61-59(45-92-77-63(101-73(87)55-37-21-8-22-38-55)58(97-71(85)53-33-17-6-18-34-53)43-79(105-77,46-93-69(83)51-29-13-4-14-30-51)47-94-70(84)52-31-15-5-16-32-52)98-76(90)66(96-49(2)81)64(61)104-78-67(103-75(89)57-41-25-10-26-42-57)65(102-74(88)56-39-23-9-24-40-56)62(100-72(86)54-35-19-7-20-36-54)60(99-78)44-91-68(82)50-27-11-3-12-28-50/h3-42,58-67,76-78,90H,43-47H2,1-2H3. The predicted molar refractivity (Wildman–Crippen MR) is 362 cm³/mol. The molecular formula is C79H70O26. The number of carbonyl (C=O) groups excluding carboxylic acids is 10. The summed E-state index contributed by atoms with van der Waals surface area (Å²) >= 11 is 0. The van der Waals surface area contributed by atoms with Crippen LogP contribution < -0.4 is 0 Å². The van der Waals surface area contributed by atoms with E-state index in [-0.39, 0.29) is 44.5 Å². The van der Waals surface area contributed by atoms with Gasteiger partial charge in [0.25, 0.3) is 0 Å². The van der Waals surface area contributed by atoms with Gasteiger partial charge in [-0.25, -0.2) is 38.4 Å². The van der Waals surface area contributed by atoms with Crippen LogP contribution in [0.3, 0.4) is 0 Å². The van der Waals surface area contributed by atoms with Crippen molar-refractivity contribution < 1.29 is 124 Å². The minimum atomic E-state index is -2.32. The number of carbonyl (C=O) groups is 10. The molecule has 0 aromatic heterocycles. The second-order valence-electron chi connectivity index (χ2n) is 24.2. The molecule has 3 saturated heterocycles. The molecule has 105 heavy (non-hydrogen) atoms. The summed E-state index contributed by atoms with van der Waals surface area (Å²) in [6.07, 6.45) is -26.6. The van der Waals surface area contributed by atoms with E-state index < -0.39 is 178 Å². The highest BCUT2D eigenvalue weighted by molar-refractivity contribution is 5.93. The van der Waals surface area contributed by atoms with Crippen molar-refractivity contribution in [2.45, 2.75) is 106 Å². The molecule has 3 heterocycles. The molecule has 11 rings (SSSR count). The lowest BCUT2D eigenvalue weighted by Crippen LogP contribution is -2.67. The van der Waals surface area contributed by atoms with Crippen molar-refractivity contribution in [3.05, 3.63) is 287 Å². The molecular weight excluding hydrogens is 1360 g/mol. The number of esters is 10. The summed E-state index contributed by atoms with van der Waals surface area (Å²) in [5.41, 5.74) is -2.03. The second kappa shape index (κ2) is 35.4. The molecule has 8 aromatic carbocycles. The Balaban J connectivity index is 1.01. The number of benzene rings is 8. The Labute approximate surface area is 600 Å². The van der Waals surface area contributed by atoms with Crippen LogP contribution in [0.15, 0.2) is 243 Å². The summed E-state index contributed by atoms with van der Waals surface area (Å²) in [6, 6.07) is 61.0. The lowest BCUT2D eigenvalue weighted by molar-refractivity contribution is -0.362. The maximum Gasteiger partial charge on any atom is 0.338 e. The normalized spacial score (nSPS) is 23.1. The van der Waals surface area contributed by atoms with Crippen LogP contribution in [0.4, 0.5) is 0 Å². The summed E-state index contributed by atoms with van der Waals surface area (Å²) in [5, 5.41) is 12.3. The van der Waals surface area contributed by atoms with Crippen molar-refractivity contribution in [3.63, 3.8) is 0 Å². The van der Waals surface area contributed by atoms with E-state index in [4.69, 9.17) is 71.1 Å². The molecule has 542 valence electrons. The van der Waals surface area contributed by atoms with Gasteiger partial charge in [-0.2, -0.15) is 0 Å². The summed E-state index contributed by atoms with van der Waals surface area (Å²) in [4.78, 5) is 142. The molecule has 0 amide bonds. The number of ether oxygens (including phenoxy) is 15. The fraction of sp³-hybridized carbons (Fsp3) is 0.266. The van der Waals surface area contributed by atoms with E-state index in [1.54, 1.807) is 121 Å². The van der Waals surface area contributed by atoms with Crippen LogP contribution in [-0.2, 0) is 80.6 Å². The van der Waals surface area contributed by atoms with Gasteiger partial charge in [-0.15, -0.1) is 0 Å². The van der Waals surface area contributed by atoms with Gasteiger partial charge in [0.2, 0.25) is 0 Å². The van der Waals surface area contributed by atoms with Crippen LogP contribution in [-0.4, -0.2) is 177 Å². The summed E-state index contributed by atoms with van der Waals surface area (Å²) in [6.45, 7) is -1.45. The van der Waals surface area contributed by atoms with Crippen LogP contribution in [0, 0.1) is 0 Å². The first-order valence-electron chi connectivity index (χ1n) is 33.1. The molecule has 0 radical (unpaired) electrons. The number of aliphatic hydroxyl groups excluding tert-OH is 1. The minimum Gasteiger partial charge on any atom is -0.459 e. The van der Waals surface area contributed by atoms with Crippen molar-refractivity contribution in [2.75, 3.05) is 26.4 Å². The molecule has 1 N–H and O–H groups in total. The molecule has 0 aliphatic carbocycles. The fourth-order valence-corrected chi connectivity index (χ4v) is 11.7. The van der Waals surface area contributed by atoms with Crippen molar-refractivity contribution in [3.8, 4) is 0 Å². The van der Waals surface area contributed by atoms with E-state index in [0.717, 1.165) is 13.8 Å². The van der Waals surface area contributed by atoms with Crippen LogP contribution in [0.5, 0.6) is 0 Å². The Kier molecular flexibility index (Phi) is 25.1. The Morgan fingerprint density at radius 1 is 0.333 bits per heavy atom. The molecule has 8 aromatic rings. The Morgan fingerprint density at radius 3 is 1.04 bits per heavy atom. The van der Waals surface area contributed by atoms with E-state index in [1.165, 1.54) is 121 Å². The number of hydrogen-bond donors (Lipinski definition) is 1. The largest absolute Gasteiger partial charge is 0.459 e. The molecule has 26 nitrogen and oxygen atoms in total. The van der Waals surface area contributed by atoms with Gasteiger partial charge in [0, 0.05) is 20.3 Å². The van der Waals surface area contributed by atoms with Gasteiger partial charge in [-0.1, -0.05) is 146 Å². The molecule has 0 spiro atoms. The molecule has 0 saturated carbocycles. The second-order valence-corrected chi connectivity index (χ2v) is 24.2. The summed E-state index contributed by atoms with van der Waals surface area (Å²) < 4.78 is 93.9. The molecule has 13 atom stereocenters. The molecule has 3 aliphatic rings. The Bertz CT molecular complexity index is 4220. The van der Waals surface area contributed by atoms with Crippen LogP contribution in [0.1, 0.15) is 103 Å². The molecule has 26 heteroatoms. The van der Waals surface area contributed by atoms with E-state index >= 15 is 0 Å². The first-order chi connectivity index (χ1) is 50.9. The van der Waals surface area contributed by atoms with Gasteiger partial charge in [0.1, 0.15) is 49.8 Å². The third kappa shape index (κ3) is 19.5. The van der Waals surface area contributed by atoms with E-state index in [1.807, 2.05) is 0 Å². The summed E-state index contributed by atoms with van der Waals surface area (Å²) in [5.74, 6) is -10.0. The van der Waals surface area contributed by atoms with Crippen molar-refractivity contribution in [1.82, 2.24) is 0 Å². The first-order valence-corrected chi connectivity index (χ1v) is 33.1. The third-order valence-electron chi connectivity index (χ3n) is 16.7. The average Bonchev–Trinajstić information content (AvgIpc) is 0.767. The SMILES string of the molecule is CC(=O)OC1C(O)OC(COC2OC(COC(=O)c3ccccc3)(COC(=O)c3ccccc3)CC(OC(=O)c3ccccc3)C2OC(=O)c2ccccc2)C(OC(C)=O)C1OC1OC(COC(=O)c2ccccc2)C(OC(=O)c2ccccc2)C(OC(=O)c2ccccc2)C1OC(=O)c1ccccc1. The maximum atomic E-state index is 14.7. The van der Waals surface area contributed by atoms with E-state index in [2.05, 4.69) is 0 Å². The Morgan fingerprint density at radius 2 is 0.648 bits per heavy atom. The van der Waals surface area contributed by atoms with Crippen LogP contribution in [0.2, 0.25) is 0 Å². The van der Waals surface area contributed by atoms with Gasteiger partial charge >= 0.3 is 59.7 Å². The monoisotopic (exact) mass is 1430 g/mol. The van der Waals surface area contributed by atoms with Gasteiger partial charge < -0.3 is 76.2 Å². The zero-order valence-electron chi connectivity index (χ0n) is 56.3. The maximum absolute atomic E-state index is 14.7. The van der Waals surface area contributed by atoms with Gasteiger partial charge in [0.15, 0.2) is 55.5 Å². The zero-order chi connectivity index (χ0) is 73.8. The lowest BCUT2D eigenvalue weighted by Gasteiger charge is -2.49. The van der Waals surface area contributed by atoms with Gasteiger partial charge in [0.05, 0.1) is 51.1 Å². The van der Waals surface area contributed by atoms with Gasteiger partial charge in [-0.05, 0) is 97.1 Å². The van der Waals surface area contributed by atoms with Crippen LogP contribution >= 0.6 is 0 Å². The highest BCUT2D eigenvalue weighted by Gasteiger charge is 2.59. The molecule has 3 fully saturated rings. The first kappa shape index (κ1) is 74.4. The number of rotatable bonds is 26. The predicted octanol–water partition coefficient (Wildman–Crippen LogP) is 8.88. The quantitative estimate of drug-likeness (QED) is 0.0390. The van der Waals surface area contributed by atoms with E-state index in [9.17, 15) is 53.1 Å². The molecule has 13 unspecified atom stereocenters. The van der Waals surface area contributed by atoms with Gasteiger partial charge in [-0.3, -0.25) is 9.59 Å². The molecule has 3 aliphatic heterocycles. The van der Waals surface area contributed by atoms with Crippen LogP contribution in [0.25, 0.3) is 0 Å². The topological polar surface area (TPSA) is 329 Å². The Hall–Kier alpha value is -11.8. The smallest absolute Gasteiger partial charge is 0.338 e. The number of hydrogen-bond acceptors (Lipinski definition) is 26. The lowest BCUT2D eigenvalue weighted by atomic mass is 9.90. The fourth-order valence-electron chi connectivity index (χ4n) is 11.7. The minimum absolute atomic E-state index is 0.00741. The van der Waals surface area contributed by atoms with Crippen molar-refractivity contribution in [1.29, 1.82) is 0 Å². The molecule has 0 bridgehead atoms. The zero-order valence-corrected chi connectivity index (χ0v) is 56.3. The average molecular weight is 1440 g/mol. The van der Waals surface area contributed by atoms with E-state index in [0.29, 0.717) is 0 Å². The summed E-state index contributed by atoms with van der Waals surface area (Å²) in [7, 11) is 0. The van der Waals surface area contributed by atoms with Crippen molar-refractivity contribution in [2.24, 2.45) is 0 Å². The number of aliphatic hydroxyl groups is 1.